The van der Waals surface area contributed by atoms with E-state index in [9.17, 15) is 0 Å². The lowest BCUT2D eigenvalue weighted by molar-refractivity contribution is 0.318. The van der Waals surface area contributed by atoms with Gasteiger partial charge in [0.05, 0.1) is 0 Å². The van der Waals surface area contributed by atoms with Gasteiger partial charge in [0.2, 0.25) is 0 Å². The van der Waals surface area contributed by atoms with Crippen molar-refractivity contribution < 1.29 is 0 Å². The minimum absolute atomic E-state index is 0.190. The Hall–Kier alpha value is -1.02. The number of nitrogens with one attached hydrogen (secondary N) is 1. The molecule has 1 fully saturated rings. The normalized spacial score (nSPS) is 23.5. The Labute approximate surface area is 118 Å². The van der Waals surface area contributed by atoms with Crippen molar-refractivity contribution in [3.05, 3.63) is 29.8 Å². The predicted molar refractivity (Wildman–Crippen MR) is 84.0 cm³/mol. The Morgan fingerprint density at radius 2 is 1.74 bits per heavy atom. The summed E-state index contributed by atoms with van der Waals surface area (Å²) in [4.78, 5) is 2.52. The van der Waals surface area contributed by atoms with Gasteiger partial charge < -0.3 is 10.2 Å². The van der Waals surface area contributed by atoms with E-state index in [0.717, 1.165) is 13.1 Å². The quantitative estimate of drug-likeness (QED) is 0.830. The van der Waals surface area contributed by atoms with Crippen LogP contribution in [0.1, 0.15) is 47.1 Å². The van der Waals surface area contributed by atoms with Gasteiger partial charge in [0.15, 0.2) is 0 Å². The van der Waals surface area contributed by atoms with E-state index >= 15 is 0 Å². The summed E-state index contributed by atoms with van der Waals surface area (Å²) in [5, 5.41) is 3.60. The fourth-order valence-electron chi connectivity index (χ4n) is 2.67. The molecule has 0 saturated carbocycles. The minimum Gasteiger partial charge on any atom is -0.366 e. The van der Waals surface area contributed by atoms with Crippen molar-refractivity contribution in [2.45, 2.75) is 58.5 Å². The molecule has 2 rings (SSSR count). The Balaban J connectivity index is 2.21. The number of anilines is 1. The predicted octanol–water partition coefficient (Wildman–Crippen LogP) is 3.56. The van der Waals surface area contributed by atoms with E-state index in [1.807, 2.05) is 0 Å². The zero-order chi connectivity index (χ0) is 14.3. The molecule has 106 valence electrons. The molecule has 1 saturated heterocycles. The third-order valence-electron chi connectivity index (χ3n) is 4.04. The summed E-state index contributed by atoms with van der Waals surface area (Å²) in [6.45, 7) is 15.7. The largest absolute Gasteiger partial charge is 0.366 e. The molecule has 0 amide bonds. The minimum atomic E-state index is 0.190. The first-order chi connectivity index (χ1) is 8.69. The third-order valence-corrected chi connectivity index (χ3v) is 4.04. The van der Waals surface area contributed by atoms with Crippen molar-refractivity contribution >= 4 is 5.69 Å². The molecule has 1 aromatic carbocycles. The molecule has 1 unspecified atom stereocenters. The van der Waals surface area contributed by atoms with Gasteiger partial charge in [0.25, 0.3) is 0 Å². The Bertz CT molecular complexity index is 426. The molecule has 0 aromatic heterocycles. The van der Waals surface area contributed by atoms with Crippen molar-refractivity contribution in [1.82, 2.24) is 5.32 Å². The molecule has 1 aliphatic rings. The lowest BCUT2D eigenvalue weighted by Crippen LogP contribution is -2.61. The lowest BCUT2D eigenvalue weighted by Gasteiger charge is -2.44. The number of nitrogens with zero attached hydrogens (tertiary/aromatic N) is 1. The molecule has 19 heavy (non-hydrogen) atoms. The van der Waals surface area contributed by atoms with Crippen molar-refractivity contribution in [2.24, 2.45) is 0 Å². The SMILES string of the molecule is CC1CNC(C)(C)CN1c1ccc(C(C)(C)C)cc1. The Kier molecular flexibility index (Phi) is 3.65. The highest BCUT2D eigenvalue weighted by atomic mass is 15.2. The summed E-state index contributed by atoms with van der Waals surface area (Å²) >= 11 is 0. The van der Waals surface area contributed by atoms with Gasteiger partial charge in [-0.15, -0.1) is 0 Å². The molecular formula is C17H28N2. The van der Waals surface area contributed by atoms with Crippen LogP contribution in [0.15, 0.2) is 24.3 Å². The molecule has 0 spiro atoms. The lowest BCUT2D eigenvalue weighted by atomic mass is 9.87. The molecule has 2 heteroatoms. The van der Waals surface area contributed by atoms with Gasteiger partial charge in [0, 0.05) is 30.4 Å². The second-order valence-electron chi connectivity index (χ2n) is 7.54. The molecule has 1 atom stereocenters. The van der Waals surface area contributed by atoms with Crippen LogP contribution >= 0.6 is 0 Å². The number of rotatable bonds is 1. The second kappa shape index (κ2) is 4.82. The highest BCUT2D eigenvalue weighted by Crippen LogP contribution is 2.27. The van der Waals surface area contributed by atoms with E-state index in [-0.39, 0.29) is 11.0 Å². The van der Waals surface area contributed by atoms with Crippen molar-refractivity contribution in [2.75, 3.05) is 18.0 Å². The fourth-order valence-corrected chi connectivity index (χ4v) is 2.67. The molecule has 0 radical (unpaired) electrons. The zero-order valence-corrected chi connectivity index (χ0v) is 13.2. The summed E-state index contributed by atoms with van der Waals surface area (Å²) in [6.07, 6.45) is 0. The Morgan fingerprint density at radius 3 is 2.26 bits per heavy atom. The monoisotopic (exact) mass is 260 g/mol. The van der Waals surface area contributed by atoms with E-state index < -0.39 is 0 Å². The smallest absolute Gasteiger partial charge is 0.0387 e. The van der Waals surface area contributed by atoms with Crippen molar-refractivity contribution in [3.8, 4) is 0 Å². The van der Waals surface area contributed by atoms with Crippen LogP contribution in [0.5, 0.6) is 0 Å². The van der Waals surface area contributed by atoms with E-state index in [1.54, 1.807) is 0 Å². The molecule has 2 nitrogen and oxygen atoms in total. The van der Waals surface area contributed by atoms with Crippen molar-refractivity contribution in [1.29, 1.82) is 0 Å². The molecule has 1 heterocycles. The molecule has 1 aromatic rings. The van der Waals surface area contributed by atoms with Gasteiger partial charge in [-0.25, -0.2) is 0 Å². The van der Waals surface area contributed by atoms with Gasteiger partial charge in [-0.1, -0.05) is 32.9 Å². The van der Waals surface area contributed by atoms with Crippen LogP contribution < -0.4 is 10.2 Å². The van der Waals surface area contributed by atoms with Crippen LogP contribution in [0.25, 0.3) is 0 Å². The molecule has 0 bridgehead atoms. The Morgan fingerprint density at radius 1 is 1.16 bits per heavy atom. The average molecular weight is 260 g/mol. The maximum atomic E-state index is 3.60. The van der Waals surface area contributed by atoms with Crippen LogP contribution in [0.2, 0.25) is 0 Å². The van der Waals surface area contributed by atoms with Crippen LogP contribution in [0, 0.1) is 0 Å². The van der Waals surface area contributed by atoms with E-state index in [0.29, 0.717) is 6.04 Å². The molecule has 0 aliphatic carbocycles. The number of piperazine rings is 1. The number of benzene rings is 1. The maximum absolute atomic E-state index is 3.60. The third kappa shape index (κ3) is 3.30. The standard InChI is InChI=1S/C17H28N2/c1-13-11-18-17(5,6)12-19(13)15-9-7-14(8-10-15)16(2,3)4/h7-10,13,18H,11-12H2,1-6H3. The number of hydrogen-bond acceptors (Lipinski definition) is 2. The van der Waals surface area contributed by atoms with Gasteiger partial charge in [-0.3, -0.25) is 0 Å². The van der Waals surface area contributed by atoms with Crippen LogP contribution in [-0.4, -0.2) is 24.7 Å². The maximum Gasteiger partial charge on any atom is 0.0387 e. The first kappa shape index (κ1) is 14.4. The summed E-state index contributed by atoms with van der Waals surface area (Å²) < 4.78 is 0. The zero-order valence-electron chi connectivity index (χ0n) is 13.2. The summed E-state index contributed by atoms with van der Waals surface area (Å²) in [6, 6.07) is 9.65. The topological polar surface area (TPSA) is 15.3 Å². The summed E-state index contributed by atoms with van der Waals surface area (Å²) in [5.41, 5.74) is 3.16. The van der Waals surface area contributed by atoms with Gasteiger partial charge >= 0.3 is 0 Å². The van der Waals surface area contributed by atoms with Crippen LogP contribution in [0.4, 0.5) is 5.69 Å². The summed E-state index contributed by atoms with van der Waals surface area (Å²) in [7, 11) is 0. The first-order valence-corrected chi connectivity index (χ1v) is 7.31. The molecular weight excluding hydrogens is 232 g/mol. The first-order valence-electron chi connectivity index (χ1n) is 7.31. The van der Waals surface area contributed by atoms with Gasteiger partial charge in [-0.05, 0) is 43.9 Å². The van der Waals surface area contributed by atoms with Gasteiger partial charge in [0.1, 0.15) is 0 Å². The van der Waals surface area contributed by atoms with E-state index in [4.69, 9.17) is 0 Å². The fraction of sp³-hybridized carbons (Fsp3) is 0.647. The van der Waals surface area contributed by atoms with Gasteiger partial charge in [-0.2, -0.15) is 0 Å². The van der Waals surface area contributed by atoms with E-state index in [2.05, 4.69) is 76.0 Å². The van der Waals surface area contributed by atoms with Crippen molar-refractivity contribution in [3.63, 3.8) is 0 Å². The summed E-state index contributed by atoms with van der Waals surface area (Å²) in [5.74, 6) is 0. The van der Waals surface area contributed by atoms with Crippen LogP contribution in [-0.2, 0) is 5.41 Å². The van der Waals surface area contributed by atoms with E-state index in [1.165, 1.54) is 11.3 Å². The highest BCUT2D eigenvalue weighted by molar-refractivity contribution is 5.50. The molecule has 1 aliphatic heterocycles. The number of hydrogen-bond donors (Lipinski definition) is 1. The molecule has 1 N–H and O–H groups in total. The second-order valence-corrected chi connectivity index (χ2v) is 7.54. The average Bonchev–Trinajstić information content (AvgIpc) is 2.31. The van der Waals surface area contributed by atoms with Crippen LogP contribution in [0.3, 0.4) is 0 Å². The highest BCUT2D eigenvalue weighted by Gasteiger charge is 2.30.